The van der Waals surface area contributed by atoms with E-state index in [-0.39, 0.29) is 11.7 Å². The van der Waals surface area contributed by atoms with Crippen molar-refractivity contribution >= 4 is 22.4 Å². The molecule has 0 aliphatic heterocycles. The maximum atomic E-state index is 13.0. The summed E-state index contributed by atoms with van der Waals surface area (Å²) in [4.78, 5) is 16.5. The van der Waals surface area contributed by atoms with Crippen molar-refractivity contribution in [2.45, 2.75) is 24.7 Å². The predicted octanol–water partition coefficient (Wildman–Crippen LogP) is 3.34. The molecule has 1 N–H and O–H groups in total. The van der Waals surface area contributed by atoms with E-state index < -0.39 is 5.41 Å². The quantitative estimate of drug-likeness (QED) is 0.934. The zero-order valence-electron chi connectivity index (χ0n) is 10.2. The Morgan fingerprint density at radius 1 is 1.32 bits per heavy atom. The lowest BCUT2D eigenvalue weighted by Crippen LogP contribution is -2.46. The normalized spacial score (nSPS) is 16.7. The smallest absolute Gasteiger partial charge is 0.236 e. The van der Waals surface area contributed by atoms with Crippen LogP contribution in [0.2, 0.25) is 0 Å². The molecular weight excluding hydrogens is 263 g/mol. The van der Waals surface area contributed by atoms with Crippen LogP contribution in [-0.4, -0.2) is 10.9 Å². The van der Waals surface area contributed by atoms with E-state index in [0.29, 0.717) is 5.13 Å². The average molecular weight is 276 g/mol. The van der Waals surface area contributed by atoms with E-state index >= 15 is 0 Å². The molecule has 19 heavy (non-hydrogen) atoms. The number of thiazole rings is 1. The molecule has 1 heterocycles. The van der Waals surface area contributed by atoms with Crippen LogP contribution in [0.25, 0.3) is 0 Å². The summed E-state index contributed by atoms with van der Waals surface area (Å²) in [6.45, 7) is 0. The van der Waals surface area contributed by atoms with Crippen LogP contribution < -0.4 is 5.32 Å². The first-order valence-corrected chi connectivity index (χ1v) is 7.06. The first-order valence-electron chi connectivity index (χ1n) is 6.18. The summed E-state index contributed by atoms with van der Waals surface area (Å²) >= 11 is 1.40. The fourth-order valence-corrected chi connectivity index (χ4v) is 2.97. The number of amides is 1. The zero-order valence-corrected chi connectivity index (χ0v) is 11.0. The van der Waals surface area contributed by atoms with Gasteiger partial charge in [-0.3, -0.25) is 4.79 Å². The van der Waals surface area contributed by atoms with Crippen LogP contribution in [0.15, 0.2) is 35.8 Å². The second-order valence-electron chi connectivity index (χ2n) is 4.73. The second-order valence-corrected chi connectivity index (χ2v) is 5.63. The van der Waals surface area contributed by atoms with Crippen molar-refractivity contribution in [3.05, 3.63) is 47.2 Å². The number of hydrogen-bond donors (Lipinski definition) is 1. The summed E-state index contributed by atoms with van der Waals surface area (Å²) in [6.07, 6.45) is 4.28. The maximum absolute atomic E-state index is 13.0. The number of aromatic nitrogens is 1. The molecule has 1 aromatic heterocycles. The standard InChI is InChI=1S/C14H13FN2OS/c15-11-4-2-10(3-5-11)14(6-1-7-14)12(18)17-13-16-8-9-19-13/h2-5,8-9H,1,6-7H2,(H,16,17,18). The van der Waals surface area contributed by atoms with Crippen LogP contribution in [0, 0.1) is 5.82 Å². The first-order chi connectivity index (χ1) is 9.21. The maximum Gasteiger partial charge on any atom is 0.236 e. The van der Waals surface area contributed by atoms with Gasteiger partial charge in [-0.25, -0.2) is 9.37 Å². The lowest BCUT2D eigenvalue weighted by atomic mass is 9.64. The Bertz CT molecular complexity index is 576. The van der Waals surface area contributed by atoms with E-state index in [9.17, 15) is 9.18 Å². The first kappa shape index (κ1) is 12.3. The number of nitrogens with zero attached hydrogens (tertiary/aromatic N) is 1. The molecule has 0 bridgehead atoms. The highest BCUT2D eigenvalue weighted by molar-refractivity contribution is 7.13. The van der Waals surface area contributed by atoms with E-state index in [2.05, 4.69) is 10.3 Å². The van der Waals surface area contributed by atoms with Crippen molar-refractivity contribution in [1.29, 1.82) is 0 Å². The number of halogens is 1. The van der Waals surface area contributed by atoms with Crippen LogP contribution in [-0.2, 0) is 10.2 Å². The molecule has 98 valence electrons. The van der Waals surface area contributed by atoms with Gasteiger partial charge in [0.05, 0.1) is 5.41 Å². The number of benzene rings is 1. The van der Waals surface area contributed by atoms with E-state index in [1.807, 2.05) is 5.38 Å². The third-order valence-electron chi connectivity index (χ3n) is 3.69. The van der Waals surface area contributed by atoms with Crippen LogP contribution in [0.5, 0.6) is 0 Å². The number of carbonyl (C=O) groups excluding carboxylic acids is 1. The highest BCUT2D eigenvalue weighted by atomic mass is 32.1. The predicted molar refractivity (Wildman–Crippen MR) is 72.7 cm³/mol. The molecule has 1 amide bonds. The minimum atomic E-state index is -0.515. The molecule has 5 heteroatoms. The Kier molecular flexibility index (Phi) is 3.06. The molecule has 1 aliphatic rings. The molecule has 0 atom stereocenters. The zero-order chi connectivity index (χ0) is 13.3. The topological polar surface area (TPSA) is 42.0 Å². The van der Waals surface area contributed by atoms with Gasteiger partial charge in [0, 0.05) is 11.6 Å². The molecule has 0 spiro atoms. The van der Waals surface area contributed by atoms with Crippen molar-refractivity contribution < 1.29 is 9.18 Å². The summed E-state index contributed by atoms with van der Waals surface area (Å²) < 4.78 is 13.0. The Labute approximate surface area is 114 Å². The summed E-state index contributed by atoms with van der Waals surface area (Å²) in [5, 5.41) is 5.28. The van der Waals surface area contributed by atoms with E-state index in [1.54, 1.807) is 18.3 Å². The molecule has 3 nitrogen and oxygen atoms in total. The second kappa shape index (κ2) is 4.74. The molecule has 3 rings (SSSR count). The van der Waals surface area contributed by atoms with Gasteiger partial charge >= 0.3 is 0 Å². The van der Waals surface area contributed by atoms with Gasteiger partial charge in [0.15, 0.2) is 5.13 Å². The molecule has 0 saturated heterocycles. The highest BCUT2D eigenvalue weighted by Crippen LogP contribution is 2.44. The van der Waals surface area contributed by atoms with E-state index in [4.69, 9.17) is 0 Å². The van der Waals surface area contributed by atoms with E-state index in [0.717, 1.165) is 24.8 Å². The summed E-state index contributed by atoms with van der Waals surface area (Å²) in [5.41, 5.74) is 0.369. The van der Waals surface area contributed by atoms with Crippen LogP contribution in [0.4, 0.5) is 9.52 Å². The lowest BCUT2D eigenvalue weighted by molar-refractivity contribution is -0.124. The highest BCUT2D eigenvalue weighted by Gasteiger charge is 2.45. The lowest BCUT2D eigenvalue weighted by Gasteiger charge is -2.40. The fraction of sp³-hybridized carbons (Fsp3) is 0.286. The molecule has 1 aromatic carbocycles. The fourth-order valence-electron chi connectivity index (χ4n) is 2.45. The van der Waals surface area contributed by atoms with Gasteiger partial charge in [0.25, 0.3) is 0 Å². The number of nitrogens with one attached hydrogen (secondary N) is 1. The molecule has 1 saturated carbocycles. The monoisotopic (exact) mass is 276 g/mol. The average Bonchev–Trinajstić information content (AvgIpc) is 2.83. The molecule has 1 fully saturated rings. The minimum Gasteiger partial charge on any atom is -0.301 e. The van der Waals surface area contributed by atoms with Gasteiger partial charge in [-0.15, -0.1) is 11.3 Å². The Hall–Kier alpha value is -1.75. The largest absolute Gasteiger partial charge is 0.301 e. The van der Waals surface area contributed by atoms with Gasteiger partial charge in [-0.2, -0.15) is 0 Å². The van der Waals surface area contributed by atoms with Gasteiger partial charge in [0.1, 0.15) is 5.82 Å². The minimum absolute atomic E-state index is 0.0414. The van der Waals surface area contributed by atoms with Crippen molar-refractivity contribution in [3.8, 4) is 0 Å². The summed E-state index contributed by atoms with van der Waals surface area (Å²) in [7, 11) is 0. The number of anilines is 1. The van der Waals surface area contributed by atoms with Gasteiger partial charge < -0.3 is 5.32 Å². The van der Waals surface area contributed by atoms with Gasteiger partial charge in [-0.1, -0.05) is 18.6 Å². The van der Waals surface area contributed by atoms with Crippen LogP contribution in [0.3, 0.4) is 0 Å². The van der Waals surface area contributed by atoms with Crippen molar-refractivity contribution in [1.82, 2.24) is 4.98 Å². The van der Waals surface area contributed by atoms with Gasteiger partial charge in [0.2, 0.25) is 5.91 Å². The van der Waals surface area contributed by atoms with Crippen LogP contribution in [0.1, 0.15) is 24.8 Å². The van der Waals surface area contributed by atoms with Crippen molar-refractivity contribution in [3.63, 3.8) is 0 Å². The molecule has 0 unspecified atom stereocenters. The molecular formula is C14H13FN2OS. The van der Waals surface area contributed by atoms with Crippen molar-refractivity contribution in [2.75, 3.05) is 5.32 Å². The number of rotatable bonds is 3. The molecule has 2 aromatic rings. The Balaban J connectivity index is 1.86. The number of carbonyl (C=O) groups is 1. The Morgan fingerprint density at radius 2 is 2.05 bits per heavy atom. The summed E-state index contributed by atoms with van der Waals surface area (Å²) in [5.74, 6) is -0.320. The SMILES string of the molecule is O=C(Nc1nccs1)C1(c2ccc(F)cc2)CCC1. The Morgan fingerprint density at radius 3 is 2.58 bits per heavy atom. The van der Waals surface area contributed by atoms with Crippen LogP contribution >= 0.6 is 11.3 Å². The van der Waals surface area contributed by atoms with Crippen molar-refractivity contribution in [2.24, 2.45) is 0 Å². The van der Waals surface area contributed by atoms with Gasteiger partial charge in [-0.05, 0) is 30.5 Å². The summed E-state index contributed by atoms with van der Waals surface area (Å²) in [6, 6.07) is 6.23. The number of hydrogen-bond acceptors (Lipinski definition) is 3. The third kappa shape index (κ3) is 2.14. The van der Waals surface area contributed by atoms with E-state index in [1.165, 1.54) is 23.5 Å². The molecule has 0 radical (unpaired) electrons. The molecule has 1 aliphatic carbocycles. The third-order valence-corrected chi connectivity index (χ3v) is 4.38.